The molecule has 0 bridgehead atoms. The van der Waals surface area contributed by atoms with Crippen molar-refractivity contribution in [2.75, 3.05) is 46.9 Å². The first-order valence-corrected chi connectivity index (χ1v) is 8.33. The molecule has 0 aliphatic carbocycles. The molecule has 130 valence electrons. The smallest absolute Gasteiger partial charge is 0.191 e. The summed E-state index contributed by atoms with van der Waals surface area (Å²) in [5.74, 6) is 0.813. The molecule has 0 radical (unpaired) electrons. The van der Waals surface area contributed by atoms with Gasteiger partial charge in [0, 0.05) is 46.1 Å². The Hall–Kier alpha value is -1.37. The molecule has 1 heterocycles. The number of nitrogens with one attached hydrogen (secondary N) is 2. The number of rotatable bonds is 10. The second-order valence-corrected chi connectivity index (χ2v) is 5.65. The molecular formula is C16H28ClN5O. The summed E-state index contributed by atoms with van der Waals surface area (Å²) in [7, 11) is 3.84. The van der Waals surface area contributed by atoms with Gasteiger partial charge in [0.1, 0.15) is 5.15 Å². The summed E-state index contributed by atoms with van der Waals surface area (Å²) in [5.41, 5.74) is 1.03. The standard InChI is InChI=1S/C16H28ClN5O/c1-4-18-16(19-8-10-22(2)9-5-11-23-3)21-13-14-6-7-15(17)20-12-14/h6-7,12H,4-5,8-11,13H2,1-3H3,(H2,18,19,21). The Kier molecular flexibility index (Phi) is 10.4. The van der Waals surface area contributed by atoms with Crippen LogP contribution in [0.25, 0.3) is 0 Å². The van der Waals surface area contributed by atoms with E-state index in [0.717, 1.165) is 50.7 Å². The largest absolute Gasteiger partial charge is 0.385 e. The number of likely N-dealkylation sites (N-methyl/N-ethyl adjacent to an activating group) is 1. The third-order valence-electron chi connectivity index (χ3n) is 3.23. The maximum Gasteiger partial charge on any atom is 0.191 e. The van der Waals surface area contributed by atoms with Crippen LogP contribution in [0.4, 0.5) is 0 Å². The number of guanidine groups is 1. The third kappa shape index (κ3) is 9.38. The maximum absolute atomic E-state index is 5.78. The summed E-state index contributed by atoms with van der Waals surface area (Å²) in [5, 5.41) is 7.09. The fourth-order valence-electron chi connectivity index (χ4n) is 1.97. The molecule has 0 amide bonds. The molecule has 23 heavy (non-hydrogen) atoms. The summed E-state index contributed by atoms with van der Waals surface area (Å²) in [6.07, 6.45) is 2.80. The highest BCUT2D eigenvalue weighted by molar-refractivity contribution is 6.29. The summed E-state index contributed by atoms with van der Waals surface area (Å²) in [6, 6.07) is 3.72. The summed E-state index contributed by atoms with van der Waals surface area (Å²) in [4.78, 5) is 10.9. The first-order chi connectivity index (χ1) is 11.2. The average molecular weight is 342 g/mol. The lowest BCUT2D eigenvalue weighted by atomic mass is 10.3. The number of halogens is 1. The molecule has 6 nitrogen and oxygen atoms in total. The van der Waals surface area contributed by atoms with E-state index in [2.05, 4.69) is 39.5 Å². The highest BCUT2D eigenvalue weighted by atomic mass is 35.5. The molecule has 0 atom stereocenters. The molecule has 0 spiro atoms. The summed E-state index contributed by atoms with van der Waals surface area (Å²) in [6.45, 7) is 7.08. The number of methoxy groups -OCH3 is 1. The van der Waals surface area contributed by atoms with Crippen molar-refractivity contribution in [1.29, 1.82) is 0 Å². The van der Waals surface area contributed by atoms with Crippen LogP contribution in [0.3, 0.4) is 0 Å². The van der Waals surface area contributed by atoms with E-state index in [9.17, 15) is 0 Å². The van der Waals surface area contributed by atoms with Gasteiger partial charge in [-0.2, -0.15) is 0 Å². The van der Waals surface area contributed by atoms with E-state index in [1.54, 1.807) is 19.4 Å². The molecule has 0 aliphatic heterocycles. The Morgan fingerprint density at radius 2 is 2.17 bits per heavy atom. The summed E-state index contributed by atoms with van der Waals surface area (Å²) < 4.78 is 5.06. The Morgan fingerprint density at radius 3 is 2.83 bits per heavy atom. The minimum atomic E-state index is 0.499. The van der Waals surface area contributed by atoms with Crippen LogP contribution in [0.2, 0.25) is 5.15 Å². The number of ether oxygens (including phenoxy) is 1. The molecule has 0 aromatic carbocycles. The van der Waals surface area contributed by atoms with Crippen molar-refractivity contribution in [1.82, 2.24) is 20.5 Å². The molecule has 1 rings (SSSR count). The van der Waals surface area contributed by atoms with Crippen LogP contribution in [0.15, 0.2) is 23.3 Å². The van der Waals surface area contributed by atoms with E-state index in [4.69, 9.17) is 16.3 Å². The Bertz CT molecular complexity index is 452. The van der Waals surface area contributed by atoms with E-state index < -0.39 is 0 Å². The van der Waals surface area contributed by atoms with Crippen molar-refractivity contribution in [3.8, 4) is 0 Å². The Labute approximate surface area is 144 Å². The van der Waals surface area contributed by atoms with Gasteiger partial charge in [0.2, 0.25) is 0 Å². The van der Waals surface area contributed by atoms with Crippen molar-refractivity contribution >= 4 is 17.6 Å². The van der Waals surface area contributed by atoms with E-state index in [-0.39, 0.29) is 0 Å². The van der Waals surface area contributed by atoms with Crippen LogP contribution in [0.1, 0.15) is 18.9 Å². The number of hydrogen-bond acceptors (Lipinski definition) is 4. The van der Waals surface area contributed by atoms with Gasteiger partial charge >= 0.3 is 0 Å². The SMILES string of the molecule is CCNC(=NCc1ccc(Cl)nc1)NCCN(C)CCCOC. The molecule has 0 aliphatic rings. The molecule has 7 heteroatoms. The lowest BCUT2D eigenvalue weighted by molar-refractivity contribution is 0.180. The van der Waals surface area contributed by atoms with Crippen molar-refractivity contribution in [3.63, 3.8) is 0 Å². The van der Waals surface area contributed by atoms with Gasteiger partial charge in [0.05, 0.1) is 6.54 Å². The summed E-state index contributed by atoms with van der Waals surface area (Å²) >= 11 is 5.78. The lowest BCUT2D eigenvalue weighted by Crippen LogP contribution is -2.41. The number of aliphatic imine (C=N–C) groups is 1. The van der Waals surface area contributed by atoms with E-state index in [1.165, 1.54) is 0 Å². The first-order valence-electron chi connectivity index (χ1n) is 7.95. The molecule has 0 saturated carbocycles. The van der Waals surface area contributed by atoms with E-state index in [1.807, 2.05) is 6.07 Å². The van der Waals surface area contributed by atoms with Crippen molar-refractivity contribution in [2.45, 2.75) is 19.9 Å². The van der Waals surface area contributed by atoms with Gasteiger partial charge < -0.3 is 20.3 Å². The zero-order valence-corrected chi connectivity index (χ0v) is 15.1. The second kappa shape index (κ2) is 12.1. The fraction of sp³-hybridized carbons (Fsp3) is 0.625. The molecule has 1 aromatic heterocycles. The topological polar surface area (TPSA) is 61.8 Å². The average Bonchev–Trinajstić information content (AvgIpc) is 2.54. The monoisotopic (exact) mass is 341 g/mol. The predicted octanol–water partition coefficient (Wildman–Crippen LogP) is 1.76. The van der Waals surface area contributed by atoms with Gasteiger partial charge in [-0.15, -0.1) is 0 Å². The fourth-order valence-corrected chi connectivity index (χ4v) is 2.08. The van der Waals surface area contributed by atoms with Crippen LogP contribution in [0.5, 0.6) is 0 Å². The van der Waals surface area contributed by atoms with Crippen LogP contribution in [-0.2, 0) is 11.3 Å². The quantitative estimate of drug-likeness (QED) is 0.294. The van der Waals surface area contributed by atoms with Gasteiger partial charge in [-0.05, 0) is 32.0 Å². The number of aromatic nitrogens is 1. The van der Waals surface area contributed by atoms with Crippen LogP contribution in [0, 0.1) is 0 Å². The van der Waals surface area contributed by atoms with Crippen LogP contribution in [-0.4, -0.2) is 62.8 Å². The normalized spacial score (nSPS) is 11.8. The highest BCUT2D eigenvalue weighted by Gasteiger charge is 2.01. The third-order valence-corrected chi connectivity index (χ3v) is 3.45. The number of nitrogens with zero attached hydrogens (tertiary/aromatic N) is 3. The lowest BCUT2D eigenvalue weighted by Gasteiger charge is -2.18. The molecule has 0 unspecified atom stereocenters. The molecule has 0 fully saturated rings. The van der Waals surface area contributed by atoms with E-state index in [0.29, 0.717) is 11.7 Å². The zero-order valence-electron chi connectivity index (χ0n) is 14.3. The van der Waals surface area contributed by atoms with Gasteiger partial charge in [-0.25, -0.2) is 9.98 Å². The molecule has 0 saturated heterocycles. The number of pyridine rings is 1. The minimum Gasteiger partial charge on any atom is -0.385 e. The number of hydrogen-bond donors (Lipinski definition) is 2. The second-order valence-electron chi connectivity index (χ2n) is 5.26. The minimum absolute atomic E-state index is 0.499. The van der Waals surface area contributed by atoms with Crippen LogP contribution < -0.4 is 10.6 Å². The Balaban J connectivity index is 2.35. The van der Waals surface area contributed by atoms with Gasteiger partial charge in [-0.3, -0.25) is 0 Å². The maximum atomic E-state index is 5.78. The molecular weight excluding hydrogens is 314 g/mol. The molecule has 1 aromatic rings. The zero-order chi connectivity index (χ0) is 16.9. The van der Waals surface area contributed by atoms with Gasteiger partial charge in [0.15, 0.2) is 5.96 Å². The highest BCUT2D eigenvalue weighted by Crippen LogP contribution is 2.05. The predicted molar refractivity (Wildman–Crippen MR) is 96.1 cm³/mol. The van der Waals surface area contributed by atoms with Crippen molar-refractivity contribution < 1.29 is 4.74 Å². The van der Waals surface area contributed by atoms with Crippen molar-refractivity contribution in [2.24, 2.45) is 4.99 Å². The van der Waals surface area contributed by atoms with Crippen molar-refractivity contribution in [3.05, 3.63) is 29.0 Å². The van der Waals surface area contributed by atoms with Gasteiger partial charge in [0.25, 0.3) is 0 Å². The van der Waals surface area contributed by atoms with E-state index >= 15 is 0 Å². The molecule has 2 N–H and O–H groups in total. The van der Waals surface area contributed by atoms with Crippen LogP contribution >= 0.6 is 11.6 Å². The Morgan fingerprint density at radius 1 is 1.35 bits per heavy atom. The van der Waals surface area contributed by atoms with Gasteiger partial charge in [-0.1, -0.05) is 17.7 Å². The first kappa shape index (κ1) is 19.7.